The second-order valence-electron chi connectivity index (χ2n) is 5.02. The summed E-state index contributed by atoms with van der Waals surface area (Å²) < 4.78 is 6.05. The molecule has 0 amide bonds. The zero-order valence-electron chi connectivity index (χ0n) is 12.6. The molecule has 0 spiro atoms. The van der Waals surface area contributed by atoms with Gasteiger partial charge < -0.3 is 4.74 Å². The van der Waals surface area contributed by atoms with Crippen LogP contribution in [-0.4, -0.2) is 22.1 Å². The fraction of sp³-hybridized carbons (Fsp3) is 0.250. The van der Waals surface area contributed by atoms with Crippen molar-refractivity contribution in [2.75, 3.05) is 6.61 Å². The zero-order valence-corrected chi connectivity index (χ0v) is 12.6. The van der Waals surface area contributed by atoms with E-state index in [2.05, 4.69) is 0 Å². The lowest BCUT2D eigenvalue weighted by Gasteiger charge is -2.07. The minimum absolute atomic E-state index is 0.186. The Kier molecular flexibility index (Phi) is 5.24. The number of nitro groups is 1. The van der Waals surface area contributed by atoms with Crippen molar-refractivity contribution in [2.45, 2.75) is 19.9 Å². The third kappa shape index (κ3) is 4.50. The number of nitrogens with zero attached hydrogens (tertiary/aromatic N) is 2. The predicted molar refractivity (Wildman–Crippen MR) is 83.2 cm³/mol. The van der Waals surface area contributed by atoms with E-state index in [0.29, 0.717) is 6.42 Å². The van der Waals surface area contributed by atoms with Gasteiger partial charge in [-0.1, -0.05) is 30.3 Å². The number of aromatic nitrogens is 1. The molecule has 7 nitrogen and oxygen atoms in total. The van der Waals surface area contributed by atoms with Crippen LogP contribution in [0.3, 0.4) is 0 Å². The summed E-state index contributed by atoms with van der Waals surface area (Å²) in [7, 11) is 0. The first-order valence-corrected chi connectivity index (χ1v) is 7.02. The van der Waals surface area contributed by atoms with Crippen LogP contribution in [0, 0.1) is 17.0 Å². The van der Waals surface area contributed by atoms with Crippen molar-refractivity contribution in [3.05, 3.63) is 74.2 Å². The van der Waals surface area contributed by atoms with Crippen molar-refractivity contribution in [3.63, 3.8) is 0 Å². The lowest BCUT2D eigenvalue weighted by Crippen LogP contribution is -2.25. The Morgan fingerprint density at radius 2 is 2.00 bits per heavy atom. The summed E-state index contributed by atoms with van der Waals surface area (Å²) in [5.41, 5.74) is 0.604. The molecule has 23 heavy (non-hydrogen) atoms. The van der Waals surface area contributed by atoms with Crippen LogP contribution in [0.15, 0.2) is 47.4 Å². The smallest absolute Gasteiger partial charge is 0.326 e. The minimum atomic E-state index is -0.610. The average molecular weight is 316 g/mol. The summed E-state index contributed by atoms with van der Waals surface area (Å²) in [5, 5.41) is 10.9. The minimum Gasteiger partial charge on any atom is -0.464 e. The quantitative estimate of drug-likeness (QED) is 0.461. The summed E-state index contributed by atoms with van der Waals surface area (Å²) in [6, 6.07) is 10.6. The van der Waals surface area contributed by atoms with Crippen LogP contribution >= 0.6 is 0 Å². The van der Waals surface area contributed by atoms with Crippen LogP contribution in [0.5, 0.6) is 0 Å². The second kappa shape index (κ2) is 7.35. The first-order chi connectivity index (χ1) is 11.0. The van der Waals surface area contributed by atoms with Gasteiger partial charge in [0, 0.05) is 18.1 Å². The van der Waals surface area contributed by atoms with Crippen LogP contribution in [0.2, 0.25) is 0 Å². The molecule has 2 rings (SSSR count). The highest BCUT2D eigenvalue weighted by Crippen LogP contribution is 2.13. The SMILES string of the molecule is Cc1cc(=O)n(CC(=O)OCCc2ccccc2)cc1[N+](=O)[O-]. The number of hydrogen-bond donors (Lipinski definition) is 0. The maximum absolute atomic E-state index is 11.8. The number of pyridine rings is 1. The molecule has 0 radical (unpaired) electrons. The van der Waals surface area contributed by atoms with Gasteiger partial charge in [-0.2, -0.15) is 0 Å². The van der Waals surface area contributed by atoms with Crippen molar-refractivity contribution in [3.8, 4) is 0 Å². The summed E-state index contributed by atoms with van der Waals surface area (Å²) >= 11 is 0. The molecular weight excluding hydrogens is 300 g/mol. The molecule has 0 bridgehead atoms. The Hall–Kier alpha value is -2.96. The van der Waals surface area contributed by atoms with E-state index in [-0.39, 0.29) is 24.4 Å². The monoisotopic (exact) mass is 316 g/mol. The normalized spacial score (nSPS) is 10.3. The standard InChI is InChI=1S/C16H16N2O5/c1-12-9-15(19)17(10-14(12)18(21)22)11-16(20)23-8-7-13-5-3-2-4-6-13/h2-6,9-10H,7-8,11H2,1H3. The highest BCUT2D eigenvalue weighted by molar-refractivity contribution is 5.69. The van der Waals surface area contributed by atoms with Crippen LogP contribution in [-0.2, 0) is 22.5 Å². The van der Waals surface area contributed by atoms with Gasteiger partial charge in [0.25, 0.3) is 11.2 Å². The topological polar surface area (TPSA) is 91.4 Å². The van der Waals surface area contributed by atoms with Crippen molar-refractivity contribution in [2.24, 2.45) is 0 Å². The van der Waals surface area contributed by atoms with E-state index >= 15 is 0 Å². The Balaban J connectivity index is 1.96. The lowest BCUT2D eigenvalue weighted by atomic mass is 10.2. The van der Waals surface area contributed by atoms with E-state index in [1.54, 1.807) is 0 Å². The third-order valence-electron chi connectivity index (χ3n) is 3.30. The molecule has 0 aliphatic carbocycles. The average Bonchev–Trinajstić information content (AvgIpc) is 2.50. The first-order valence-electron chi connectivity index (χ1n) is 7.02. The van der Waals surface area contributed by atoms with Crippen LogP contribution in [0.1, 0.15) is 11.1 Å². The van der Waals surface area contributed by atoms with Gasteiger partial charge in [0.05, 0.1) is 17.7 Å². The summed E-state index contributed by atoms with van der Waals surface area (Å²) in [4.78, 5) is 33.8. The number of hydrogen-bond acceptors (Lipinski definition) is 5. The molecule has 0 N–H and O–H groups in total. The predicted octanol–water partition coefficient (Wildman–Crippen LogP) is 1.85. The van der Waals surface area contributed by atoms with Gasteiger partial charge in [0.1, 0.15) is 6.54 Å². The molecule has 0 saturated heterocycles. The zero-order chi connectivity index (χ0) is 16.8. The number of aryl methyl sites for hydroxylation is 1. The van der Waals surface area contributed by atoms with E-state index in [1.807, 2.05) is 30.3 Å². The van der Waals surface area contributed by atoms with Crippen LogP contribution in [0.4, 0.5) is 5.69 Å². The maximum Gasteiger partial charge on any atom is 0.326 e. The van der Waals surface area contributed by atoms with Crippen LogP contribution < -0.4 is 5.56 Å². The Morgan fingerprint density at radius 3 is 2.65 bits per heavy atom. The number of rotatable bonds is 6. The van der Waals surface area contributed by atoms with Gasteiger partial charge in [-0.15, -0.1) is 0 Å². The van der Waals surface area contributed by atoms with Gasteiger partial charge in [0.2, 0.25) is 0 Å². The Bertz CT molecular complexity index is 768. The van der Waals surface area contributed by atoms with Crippen molar-refractivity contribution in [1.29, 1.82) is 0 Å². The van der Waals surface area contributed by atoms with Crippen molar-refractivity contribution >= 4 is 11.7 Å². The third-order valence-corrected chi connectivity index (χ3v) is 3.30. The molecule has 0 aliphatic heterocycles. The van der Waals surface area contributed by atoms with E-state index in [4.69, 9.17) is 4.74 Å². The van der Waals surface area contributed by atoms with E-state index in [0.717, 1.165) is 22.4 Å². The molecule has 7 heteroatoms. The number of carbonyl (C=O) groups is 1. The fourth-order valence-electron chi connectivity index (χ4n) is 2.08. The van der Waals surface area contributed by atoms with Gasteiger partial charge in [-0.25, -0.2) is 0 Å². The second-order valence-corrected chi connectivity index (χ2v) is 5.02. The molecule has 0 unspecified atom stereocenters. The molecule has 0 saturated carbocycles. The molecule has 1 aromatic carbocycles. The van der Waals surface area contributed by atoms with E-state index in [1.165, 1.54) is 6.92 Å². The number of carbonyl (C=O) groups excluding carboxylic acids is 1. The number of ether oxygens (including phenoxy) is 1. The molecular formula is C16H16N2O5. The van der Waals surface area contributed by atoms with Gasteiger partial charge >= 0.3 is 5.97 Å². The van der Waals surface area contributed by atoms with E-state index in [9.17, 15) is 19.7 Å². The summed E-state index contributed by atoms with van der Waals surface area (Å²) in [5.74, 6) is -0.610. The summed E-state index contributed by atoms with van der Waals surface area (Å²) in [6.07, 6.45) is 1.63. The Labute approximate surface area is 132 Å². The van der Waals surface area contributed by atoms with E-state index < -0.39 is 16.5 Å². The largest absolute Gasteiger partial charge is 0.464 e. The molecule has 0 atom stereocenters. The lowest BCUT2D eigenvalue weighted by molar-refractivity contribution is -0.385. The highest BCUT2D eigenvalue weighted by atomic mass is 16.6. The molecule has 1 aromatic heterocycles. The molecule has 0 fully saturated rings. The van der Waals surface area contributed by atoms with Crippen LogP contribution in [0.25, 0.3) is 0 Å². The Morgan fingerprint density at radius 1 is 1.30 bits per heavy atom. The fourth-order valence-corrected chi connectivity index (χ4v) is 2.08. The van der Waals surface area contributed by atoms with Crippen molar-refractivity contribution in [1.82, 2.24) is 4.57 Å². The number of esters is 1. The van der Waals surface area contributed by atoms with Gasteiger partial charge in [-0.3, -0.25) is 24.3 Å². The molecule has 2 aromatic rings. The summed E-state index contributed by atoms with van der Waals surface area (Å²) in [6.45, 7) is 1.31. The van der Waals surface area contributed by atoms with Crippen molar-refractivity contribution < 1.29 is 14.5 Å². The van der Waals surface area contributed by atoms with Gasteiger partial charge in [-0.05, 0) is 12.5 Å². The first kappa shape index (κ1) is 16.4. The number of benzene rings is 1. The molecule has 0 aliphatic rings. The highest BCUT2D eigenvalue weighted by Gasteiger charge is 2.15. The molecule has 1 heterocycles. The molecule has 120 valence electrons. The van der Waals surface area contributed by atoms with Gasteiger partial charge in [0.15, 0.2) is 0 Å². The maximum atomic E-state index is 11.8.